The van der Waals surface area contributed by atoms with E-state index in [9.17, 15) is 9.59 Å². The van der Waals surface area contributed by atoms with Gasteiger partial charge in [0.1, 0.15) is 6.33 Å². The molecule has 0 aliphatic heterocycles. The molecular formula is C16H20N6O2. The highest BCUT2D eigenvalue weighted by Gasteiger charge is 2.14. The maximum atomic E-state index is 12.6. The molecular weight excluding hydrogens is 308 g/mol. The van der Waals surface area contributed by atoms with E-state index in [0.717, 1.165) is 17.5 Å². The van der Waals surface area contributed by atoms with E-state index in [1.165, 1.54) is 11.0 Å². The molecule has 0 saturated heterocycles. The third-order valence-electron chi connectivity index (χ3n) is 3.90. The number of hydrogen-bond donors (Lipinski definition) is 1. The Morgan fingerprint density at radius 2 is 1.83 bits per heavy atom. The molecule has 0 aliphatic rings. The first-order valence-corrected chi connectivity index (χ1v) is 7.93. The number of carbonyl (C=O) groups is 1. The van der Waals surface area contributed by atoms with E-state index in [1.807, 2.05) is 31.2 Å². The predicted octanol–water partition coefficient (Wildman–Crippen LogP) is 1.37. The van der Waals surface area contributed by atoms with E-state index in [0.29, 0.717) is 19.0 Å². The maximum Gasteiger partial charge on any atom is 0.329 e. The van der Waals surface area contributed by atoms with Gasteiger partial charge in [0.15, 0.2) is 0 Å². The first-order chi connectivity index (χ1) is 11.6. The zero-order chi connectivity index (χ0) is 17.1. The van der Waals surface area contributed by atoms with Crippen LogP contribution in [0, 0.1) is 0 Å². The number of amides is 1. The second-order valence-electron chi connectivity index (χ2n) is 5.58. The molecule has 0 saturated carbocycles. The van der Waals surface area contributed by atoms with Crippen molar-refractivity contribution in [2.24, 2.45) is 7.05 Å². The quantitative estimate of drug-likeness (QED) is 0.740. The minimum atomic E-state index is -0.203. The van der Waals surface area contributed by atoms with Gasteiger partial charge in [0.05, 0.1) is 11.0 Å². The number of aryl methyl sites for hydroxylation is 3. The number of nitrogens with zero attached hydrogens (tertiary/aromatic N) is 5. The Morgan fingerprint density at radius 3 is 2.42 bits per heavy atom. The van der Waals surface area contributed by atoms with Crippen molar-refractivity contribution in [3.63, 3.8) is 0 Å². The van der Waals surface area contributed by atoms with Gasteiger partial charge in [-0.05, 0) is 18.6 Å². The highest BCUT2D eigenvalue weighted by molar-refractivity contribution is 5.89. The molecule has 0 unspecified atom stereocenters. The van der Waals surface area contributed by atoms with Crippen molar-refractivity contribution in [3.8, 4) is 0 Å². The van der Waals surface area contributed by atoms with Gasteiger partial charge in [-0.2, -0.15) is 10.1 Å². The van der Waals surface area contributed by atoms with Crippen LogP contribution in [-0.2, 0) is 24.9 Å². The normalized spacial score (nSPS) is 11.1. The van der Waals surface area contributed by atoms with E-state index in [4.69, 9.17) is 0 Å². The molecule has 0 atom stereocenters. The molecule has 1 amide bonds. The number of carbonyl (C=O) groups excluding carboxylic acids is 1. The smallest absolute Gasteiger partial charge is 0.295 e. The molecule has 8 nitrogen and oxygen atoms in total. The van der Waals surface area contributed by atoms with Gasteiger partial charge >= 0.3 is 5.69 Å². The summed E-state index contributed by atoms with van der Waals surface area (Å²) in [5.74, 6) is 0.186. The number of hydrogen-bond acceptors (Lipinski definition) is 4. The molecule has 0 aliphatic carbocycles. The Morgan fingerprint density at radius 1 is 1.17 bits per heavy atom. The first kappa shape index (κ1) is 16.0. The van der Waals surface area contributed by atoms with Crippen molar-refractivity contribution in [2.75, 3.05) is 5.32 Å². The maximum absolute atomic E-state index is 12.6. The minimum Gasteiger partial charge on any atom is -0.295 e. The van der Waals surface area contributed by atoms with Crippen molar-refractivity contribution in [3.05, 3.63) is 41.1 Å². The standard InChI is InChI=1S/C16H20N6O2/c1-3-9-21-12-6-4-5-7-13(12)22(16(21)24)10-8-14(23)19-15-17-11-18-20(15)2/h4-7,11H,3,8-10H2,1-2H3,(H,17,18,19,23). The third-order valence-corrected chi connectivity index (χ3v) is 3.90. The zero-order valence-corrected chi connectivity index (χ0v) is 13.8. The Bertz CT molecular complexity index is 920. The van der Waals surface area contributed by atoms with Gasteiger partial charge in [0.2, 0.25) is 11.9 Å². The lowest BCUT2D eigenvalue weighted by molar-refractivity contribution is -0.116. The number of benzene rings is 1. The van der Waals surface area contributed by atoms with Crippen molar-refractivity contribution < 1.29 is 4.79 Å². The van der Waals surface area contributed by atoms with E-state index in [1.54, 1.807) is 16.2 Å². The summed E-state index contributed by atoms with van der Waals surface area (Å²) in [5.41, 5.74) is 1.67. The van der Waals surface area contributed by atoms with Crippen LogP contribution in [-0.4, -0.2) is 29.8 Å². The largest absolute Gasteiger partial charge is 0.329 e. The number of anilines is 1. The van der Waals surface area contributed by atoms with Crippen LogP contribution in [0.25, 0.3) is 11.0 Å². The summed E-state index contributed by atoms with van der Waals surface area (Å²) in [6.45, 7) is 3.02. The second-order valence-corrected chi connectivity index (χ2v) is 5.58. The van der Waals surface area contributed by atoms with Crippen LogP contribution < -0.4 is 11.0 Å². The Balaban J connectivity index is 1.80. The number of nitrogens with one attached hydrogen (secondary N) is 1. The van der Waals surface area contributed by atoms with Gasteiger partial charge in [0.25, 0.3) is 0 Å². The summed E-state index contributed by atoms with van der Waals surface area (Å²) in [4.78, 5) is 28.7. The molecule has 0 fully saturated rings. The van der Waals surface area contributed by atoms with E-state index in [-0.39, 0.29) is 18.0 Å². The van der Waals surface area contributed by atoms with Crippen molar-refractivity contribution in [1.29, 1.82) is 0 Å². The van der Waals surface area contributed by atoms with Crippen LogP contribution >= 0.6 is 0 Å². The molecule has 0 radical (unpaired) electrons. The fraction of sp³-hybridized carbons (Fsp3) is 0.375. The van der Waals surface area contributed by atoms with Crippen molar-refractivity contribution in [2.45, 2.75) is 32.9 Å². The predicted molar refractivity (Wildman–Crippen MR) is 90.7 cm³/mol. The Labute approximate surface area is 138 Å². The van der Waals surface area contributed by atoms with Crippen molar-refractivity contribution >= 4 is 22.9 Å². The fourth-order valence-corrected chi connectivity index (χ4v) is 2.74. The highest BCUT2D eigenvalue weighted by atomic mass is 16.2. The number of rotatable bonds is 6. The van der Waals surface area contributed by atoms with Gasteiger partial charge in [-0.3, -0.25) is 19.2 Å². The van der Waals surface area contributed by atoms with E-state index >= 15 is 0 Å². The average Bonchev–Trinajstić information content (AvgIpc) is 3.09. The number of fused-ring (bicyclic) bond motifs is 1. The van der Waals surface area contributed by atoms with Crippen LogP contribution in [0.3, 0.4) is 0 Å². The van der Waals surface area contributed by atoms with Crippen LogP contribution in [0.15, 0.2) is 35.4 Å². The van der Waals surface area contributed by atoms with Crippen molar-refractivity contribution in [1.82, 2.24) is 23.9 Å². The summed E-state index contributed by atoms with van der Waals surface area (Å²) in [7, 11) is 1.70. The molecule has 1 aromatic carbocycles. The lowest BCUT2D eigenvalue weighted by Gasteiger charge is -2.05. The van der Waals surface area contributed by atoms with Crippen LogP contribution in [0.2, 0.25) is 0 Å². The summed E-state index contributed by atoms with van der Waals surface area (Å²) in [5, 5.41) is 6.59. The molecule has 3 aromatic rings. The van der Waals surface area contributed by atoms with Crippen LogP contribution in [0.1, 0.15) is 19.8 Å². The minimum absolute atomic E-state index is 0.0792. The molecule has 126 valence electrons. The Kier molecular flexibility index (Phi) is 4.45. The molecule has 24 heavy (non-hydrogen) atoms. The summed E-state index contributed by atoms with van der Waals surface area (Å²) in [6.07, 6.45) is 2.44. The molecule has 2 heterocycles. The molecule has 8 heteroatoms. The molecule has 0 spiro atoms. The van der Waals surface area contributed by atoms with Gasteiger partial charge in [-0.1, -0.05) is 19.1 Å². The van der Waals surface area contributed by atoms with E-state index < -0.39 is 0 Å². The summed E-state index contributed by atoms with van der Waals surface area (Å²) in [6, 6.07) is 7.65. The monoisotopic (exact) mass is 328 g/mol. The van der Waals surface area contributed by atoms with Crippen LogP contribution in [0.4, 0.5) is 5.95 Å². The van der Waals surface area contributed by atoms with Gasteiger partial charge < -0.3 is 0 Å². The lowest BCUT2D eigenvalue weighted by atomic mass is 10.3. The molecule has 3 rings (SSSR count). The lowest BCUT2D eigenvalue weighted by Crippen LogP contribution is -2.26. The van der Waals surface area contributed by atoms with E-state index in [2.05, 4.69) is 15.4 Å². The van der Waals surface area contributed by atoms with Gasteiger partial charge in [-0.15, -0.1) is 0 Å². The topological polar surface area (TPSA) is 86.7 Å². The fourth-order valence-electron chi connectivity index (χ4n) is 2.74. The highest BCUT2D eigenvalue weighted by Crippen LogP contribution is 2.13. The number of imidazole rings is 1. The van der Waals surface area contributed by atoms with Gasteiger partial charge in [0, 0.05) is 26.6 Å². The van der Waals surface area contributed by atoms with Gasteiger partial charge in [-0.25, -0.2) is 9.48 Å². The third kappa shape index (κ3) is 2.94. The molecule has 0 bridgehead atoms. The second kappa shape index (κ2) is 6.69. The first-order valence-electron chi connectivity index (χ1n) is 7.93. The average molecular weight is 328 g/mol. The zero-order valence-electron chi connectivity index (χ0n) is 13.8. The molecule has 2 aromatic heterocycles. The Hall–Kier alpha value is -2.90. The number of aromatic nitrogens is 5. The number of para-hydroxylation sites is 2. The van der Waals surface area contributed by atoms with Crippen LogP contribution in [0.5, 0.6) is 0 Å². The summed E-state index contributed by atoms with van der Waals surface area (Å²) < 4.78 is 4.90. The summed E-state index contributed by atoms with van der Waals surface area (Å²) >= 11 is 0. The molecule has 1 N–H and O–H groups in total. The SMILES string of the molecule is CCCn1c(=O)n(CCC(=O)Nc2ncnn2C)c2ccccc21.